The van der Waals surface area contributed by atoms with E-state index in [0.717, 1.165) is 21.5 Å². The standard InChI is InChI=1S/C14H16BrN3O2/c1-19-13-4-3-10(15)5-9(13)6-11(16)12-7-14(20-2)18-8-17-12/h3-5,7-8,11H,6,16H2,1-2H3. The van der Waals surface area contributed by atoms with Gasteiger partial charge in [0, 0.05) is 10.5 Å². The molecule has 2 rings (SSSR count). The van der Waals surface area contributed by atoms with Crippen LogP contribution in [0.4, 0.5) is 0 Å². The van der Waals surface area contributed by atoms with E-state index in [2.05, 4.69) is 25.9 Å². The van der Waals surface area contributed by atoms with Gasteiger partial charge in [0.2, 0.25) is 5.88 Å². The molecule has 20 heavy (non-hydrogen) atoms. The van der Waals surface area contributed by atoms with Crippen LogP contribution in [0.1, 0.15) is 17.3 Å². The second-order valence-corrected chi connectivity index (χ2v) is 5.17. The third kappa shape index (κ3) is 3.46. The molecular formula is C14H16BrN3O2. The number of methoxy groups -OCH3 is 2. The van der Waals surface area contributed by atoms with Crippen LogP contribution in [-0.2, 0) is 6.42 Å². The van der Waals surface area contributed by atoms with Crippen LogP contribution in [0.25, 0.3) is 0 Å². The topological polar surface area (TPSA) is 70.3 Å². The van der Waals surface area contributed by atoms with E-state index in [1.807, 2.05) is 18.2 Å². The normalized spacial score (nSPS) is 12.0. The Morgan fingerprint density at radius 3 is 2.70 bits per heavy atom. The van der Waals surface area contributed by atoms with E-state index in [1.54, 1.807) is 20.3 Å². The third-order valence-corrected chi connectivity index (χ3v) is 3.43. The Balaban J connectivity index is 2.22. The monoisotopic (exact) mass is 337 g/mol. The Morgan fingerprint density at radius 2 is 2.00 bits per heavy atom. The fourth-order valence-corrected chi connectivity index (χ4v) is 2.32. The average Bonchev–Trinajstić information content (AvgIpc) is 2.47. The third-order valence-electron chi connectivity index (χ3n) is 2.93. The highest BCUT2D eigenvalue weighted by Gasteiger charge is 2.13. The molecule has 0 fully saturated rings. The van der Waals surface area contributed by atoms with Gasteiger partial charge in [-0.25, -0.2) is 9.97 Å². The number of benzene rings is 1. The largest absolute Gasteiger partial charge is 0.496 e. The van der Waals surface area contributed by atoms with Crippen molar-refractivity contribution in [3.8, 4) is 11.6 Å². The van der Waals surface area contributed by atoms with Gasteiger partial charge >= 0.3 is 0 Å². The van der Waals surface area contributed by atoms with Crippen molar-refractivity contribution < 1.29 is 9.47 Å². The number of hydrogen-bond acceptors (Lipinski definition) is 5. The quantitative estimate of drug-likeness (QED) is 0.907. The van der Waals surface area contributed by atoms with Crippen molar-refractivity contribution in [3.63, 3.8) is 0 Å². The van der Waals surface area contributed by atoms with Gasteiger partial charge in [0.15, 0.2) is 0 Å². The van der Waals surface area contributed by atoms with Gasteiger partial charge in [-0.3, -0.25) is 0 Å². The molecule has 0 aliphatic rings. The molecule has 0 bridgehead atoms. The summed E-state index contributed by atoms with van der Waals surface area (Å²) in [6.07, 6.45) is 2.06. The first kappa shape index (κ1) is 14.7. The van der Waals surface area contributed by atoms with E-state index < -0.39 is 0 Å². The molecule has 2 aromatic rings. The molecule has 1 aromatic heterocycles. The highest BCUT2D eigenvalue weighted by Crippen LogP contribution is 2.27. The van der Waals surface area contributed by atoms with Crippen LogP contribution in [0, 0.1) is 0 Å². The van der Waals surface area contributed by atoms with Gasteiger partial charge in [-0.1, -0.05) is 15.9 Å². The minimum absolute atomic E-state index is 0.255. The number of rotatable bonds is 5. The maximum Gasteiger partial charge on any atom is 0.216 e. The van der Waals surface area contributed by atoms with Gasteiger partial charge in [-0.2, -0.15) is 0 Å². The van der Waals surface area contributed by atoms with E-state index in [9.17, 15) is 0 Å². The van der Waals surface area contributed by atoms with Crippen molar-refractivity contribution in [1.29, 1.82) is 0 Å². The van der Waals surface area contributed by atoms with E-state index >= 15 is 0 Å². The summed E-state index contributed by atoms with van der Waals surface area (Å²) >= 11 is 3.45. The van der Waals surface area contributed by atoms with Crippen LogP contribution < -0.4 is 15.2 Å². The molecule has 0 spiro atoms. The zero-order chi connectivity index (χ0) is 14.5. The highest BCUT2D eigenvalue weighted by atomic mass is 79.9. The molecule has 0 saturated carbocycles. The van der Waals surface area contributed by atoms with Gasteiger partial charge in [-0.05, 0) is 30.2 Å². The Bertz CT molecular complexity index is 592. The van der Waals surface area contributed by atoms with Crippen LogP contribution in [0.3, 0.4) is 0 Å². The van der Waals surface area contributed by atoms with Crippen LogP contribution in [0.15, 0.2) is 35.1 Å². The van der Waals surface area contributed by atoms with E-state index in [0.29, 0.717) is 12.3 Å². The summed E-state index contributed by atoms with van der Waals surface area (Å²) in [6, 6.07) is 7.33. The van der Waals surface area contributed by atoms with Gasteiger partial charge in [0.1, 0.15) is 12.1 Å². The lowest BCUT2D eigenvalue weighted by atomic mass is 10.0. The maximum atomic E-state index is 6.21. The second kappa shape index (κ2) is 6.67. The highest BCUT2D eigenvalue weighted by molar-refractivity contribution is 9.10. The smallest absolute Gasteiger partial charge is 0.216 e. The molecule has 0 saturated heterocycles. The van der Waals surface area contributed by atoms with Gasteiger partial charge < -0.3 is 15.2 Å². The summed E-state index contributed by atoms with van der Waals surface area (Å²) in [5.74, 6) is 1.32. The Kier molecular flexibility index (Phi) is 4.92. The van der Waals surface area contributed by atoms with Crippen molar-refractivity contribution in [2.45, 2.75) is 12.5 Å². The van der Waals surface area contributed by atoms with Crippen molar-refractivity contribution in [2.24, 2.45) is 5.73 Å². The predicted molar refractivity (Wildman–Crippen MR) is 79.9 cm³/mol. The van der Waals surface area contributed by atoms with Gasteiger partial charge in [-0.15, -0.1) is 0 Å². The van der Waals surface area contributed by atoms with E-state index in [-0.39, 0.29) is 6.04 Å². The number of hydrogen-bond donors (Lipinski definition) is 1. The Labute approximate surface area is 126 Å². The van der Waals surface area contributed by atoms with E-state index in [1.165, 1.54) is 6.33 Å². The Morgan fingerprint density at radius 1 is 1.20 bits per heavy atom. The number of halogens is 1. The summed E-state index contributed by atoms with van der Waals surface area (Å²) in [5.41, 5.74) is 7.96. The number of aromatic nitrogens is 2. The van der Waals surface area contributed by atoms with Crippen molar-refractivity contribution in [2.75, 3.05) is 14.2 Å². The number of nitrogens with zero attached hydrogens (tertiary/aromatic N) is 2. The molecule has 1 atom stereocenters. The van der Waals surface area contributed by atoms with Crippen LogP contribution >= 0.6 is 15.9 Å². The molecule has 0 aliphatic carbocycles. The lowest BCUT2D eigenvalue weighted by molar-refractivity contribution is 0.394. The average molecular weight is 338 g/mol. The summed E-state index contributed by atoms with van der Waals surface area (Å²) in [5, 5.41) is 0. The van der Waals surface area contributed by atoms with Crippen LogP contribution in [-0.4, -0.2) is 24.2 Å². The summed E-state index contributed by atoms with van der Waals surface area (Å²) < 4.78 is 11.4. The molecule has 5 nitrogen and oxygen atoms in total. The SMILES string of the molecule is COc1cc(C(N)Cc2cc(Br)ccc2OC)ncn1. The zero-order valence-corrected chi connectivity index (χ0v) is 12.9. The molecule has 2 N–H and O–H groups in total. The van der Waals surface area contributed by atoms with Crippen molar-refractivity contribution in [1.82, 2.24) is 9.97 Å². The maximum absolute atomic E-state index is 6.21. The summed E-state index contributed by atoms with van der Waals surface area (Å²) in [4.78, 5) is 8.17. The molecule has 1 aromatic carbocycles. The lowest BCUT2D eigenvalue weighted by Crippen LogP contribution is -2.15. The molecule has 0 radical (unpaired) electrons. The fourth-order valence-electron chi connectivity index (χ4n) is 1.92. The molecule has 1 unspecified atom stereocenters. The van der Waals surface area contributed by atoms with Crippen molar-refractivity contribution in [3.05, 3.63) is 46.3 Å². The second-order valence-electron chi connectivity index (χ2n) is 4.25. The number of ether oxygens (including phenoxy) is 2. The van der Waals surface area contributed by atoms with E-state index in [4.69, 9.17) is 15.2 Å². The Hall–Kier alpha value is -1.66. The lowest BCUT2D eigenvalue weighted by Gasteiger charge is -2.14. The first-order chi connectivity index (χ1) is 9.63. The molecule has 0 aliphatic heterocycles. The minimum Gasteiger partial charge on any atom is -0.496 e. The molecule has 1 heterocycles. The first-order valence-corrected chi connectivity index (χ1v) is 6.87. The van der Waals surface area contributed by atoms with Gasteiger partial charge in [0.05, 0.1) is 26.0 Å². The van der Waals surface area contributed by atoms with Crippen molar-refractivity contribution >= 4 is 15.9 Å². The first-order valence-electron chi connectivity index (χ1n) is 6.08. The van der Waals surface area contributed by atoms with Crippen LogP contribution in [0.5, 0.6) is 11.6 Å². The summed E-state index contributed by atoms with van der Waals surface area (Å²) in [6.45, 7) is 0. The molecule has 6 heteroatoms. The predicted octanol–water partition coefficient (Wildman–Crippen LogP) is 2.50. The van der Waals surface area contributed by atoms with Crippen LogP contribution in [0.2, 0.25) is 0 Å². The number of nitrogens with two attached hydrogens (primary N) is 1. The minimum atomic E-state index is -0.255. The fraction of sp³-hybridized carbons (Fsp3) is 0.286. The summed E-state index contributed by atoms with van der Waals surface area (Å²) in [7, 11) is 3.21. The zero-order valence-electron chi connectivity index (χ0n) is 11.3. The molecule has 106 valence electrons. The molecular weight excluding hydrogens is 322 g/mol. The van der Waals surface area contributed by atoms with Gasteiger partial charge in [0.25, 0.3) is 0 Å². The molecule has 0 amide bonds.